The summed E-state index contributed by atoms with van der Waals surface area (Å²) in [6.07, 6.45) is 0. The Balaban J connectivity index is 2.49. The number of rotatable bonds is 2. The van der Waals surface area contributed by atoms with Crippen LogP contribution in [0.15, 0.2) is 36.4 Å². The van der Waals surface area contributed by atoms with E-state index in [2.05, 4.69) is 4.98 Å². The van der Waals surface area contributed by atoms with Gasteiger partial charge in [0.1, 0.15) is 6.73 Å². The molecule has 0 aliphatic rings. The number of pyridine rings is 1. The third-order valence-electron chi connectivity index (χ3n) is 1.80. The van der Waals surface area contributed by atoms with Crippen molar-refractivity contribution in [2.45, 2.75) is 0 Å². The molecule has 0 bridgehead atoms. The monoisotopic (exact) mass is 174 g/mol. The van der Waals surface area contributed by atoms with Crippen LogP contribution < -0.4 is 10.5 Å². The van der Waals surface area contributed by atoms with Gasteiger partial charge in [-0.1, -0.05) is 18.2 Å². The second-order valence-corrected chi connectivity index (χ2v) is 2.65. The topological polar surface area (TPSA) is 48.1 Å². The van der Waals surface area contributed by atoms with Crippen LogP contribution in [0.1, 0.15) is 0 Å². The molecular weight excluding hydrogens is 164 g/mol. The van der Waals surface area contributed by atoms with Gasteiger partial charge < -0.3 is 4.74 Å². The van der Waals surface area contributed by atoms with Crippen molar-refractivity contribution in [3.63, 3.8) is 0 Å². The lowest BCUT2D eigenvalue weighted by Crippen LogP contribution is -2.08. The maximum atomic E-state index is 5.24. The van der Waals surface area contributed by atoms with Gasteiger partial charge in [0.15, 0.2) is 0 Å². The summed E-state index contributed by atoms with van der Waals surface area (Å²) in [5, 5.41) is 1.10. The van der Waals surface area contributed by atoms with E-state index in [1.54, 1.807) is 0 Å². The lowest BCUT2D eigenvalue weighted by atomic mass is 10.2. The Morgan fingerprint density at radius 2 is 2.00 bits per heavy atom. The van der Waals surface area contributed by atoms with Gasteiger partial charge in [0.05, 0.1) is 5.52 Å². The van der Waals surface area contributed by atoms with E-state index in [1.165, 1.54) is 0 Å². The van der Waals surface area contributed by atoms with Gasteiger partial charge >= 0.3 is 0 Å². The van der Waals surface area contributed by atoms with Crippen molar-refractivity contribution in [2.24, 2.45) is 5.73 Å². The molecule has 0 amide bonds. The molecule has 0 fully saturated rings. The highest BCUT2D eigenvalue weighted by atomic mass is 16.5. The number of nitrogens with zero attached hydrogens (tertiary/aromatic N) is 1. The Morgan fingerprint density at radius 1 is 1.15 bits per heavy atom. The fourth-order valence-electron chi connectivity index (χ4n) is 1.21. The van der Waals surface area contributed by atoms with E-state index in [1.807, 2.05) is 36.4 Å². The van der Waals surface area contributed by atoms with E-state index in [0.29, 0.717) is 5.88 Å². The summed E-state index contributed by atoms with van der Waals surface area (Å²) in [6, 6.07) is 11.7. The van der Waals surface area contributed by atoms with Gasteiger partial charge in [-0.05, 0) is 12.1 Å². The first-order valence-corrected chi connectivity index (χ1v) is 4.09. The van der Waals surface area contributed by atoms with Crippen molar-refractivity contribution in [3.8, 4) is 5.88 Å². The van der Waals surface area contributed by atoms with Crippen molar-refractivity contribution in [1.29, 1.82) is 0 Å². The molecule has 0 saturated carbocycles. The van der Waals surface area contributed by atoms with Gasteiger partial charge in [0, 0.05) is 11.5 Å². The van der Waals surface area contributed by atoms with Gasteiger partial charge in [-0.15, -0.1) is 0 Å². The van der Waals surface area contributed by atoms with Gasteiger partial charge in [-0.2, -0.15) is 0 Å². The summed E-state index contributed by atoms with van der Waals surface area (Å²) >= 11 is 0. The molecule has 1 aromatic heterocycles. The zero-order valence-corrected chi connectivity index (χ0v) is 7.10. The highest BCUT2D eigenvalue weighted by molar-refractivity contribution is 5.78. The van der Waals surface area contributed by atoms with Crippen molar-refractivity contribution in [1.82, 2.24) is 4.98 Å². The number of nitrogens with two attached hydrogens (primary N) is 1. The van der Waals surface area contributed by atoms with E-state index in [4.69, 9.17) is 10.5 Å². The Hall–Kier alpha value is -1.61. The minimum Gasteiger partial charge on any atom is -0.462 e. The van der Waals surface area contributed by atoms with Crippen LogP contribution in [-0.2, 0) is 0 Å². The van der Waals surface area contributed by atoms with Crippen molar-refractivity contribution in [2.75, 3.05) is 6.73 Å². The van der Waals surface area contributed by atoms with E-state index in [9.17, 15) is 0 Å². The van der Waals surface area contributed by atoms with Crippen molar-refractivity contribution in [3.05, 3.63) is 36.4 Å². The molecule has 2 rings (SSSR count). The molecule has 0 aliphatic heterocycles. The Labute approximate surface area is 76.2 Å². The molecule has 3 nitrogen and oxygen atoms in total. The highest BCUT2D eigenvalue weighted by Gasteiger charge is 1.96. The summed E-state index contributed by atoms with van der Waals surface area (Å²) in [7, 11) is 0. The van der Waals surface area contributed by atoms with Gasteiger partial charge in [0.2, 0.25) is 5.88 Å². The third kappa shape index (κ3) is 1.60. The van der Waals surface area contributed by atoms with Crippen LogP contribution in [0.2, 0.25) is 0 Å². The summed E-state index contributed by atoms with van der Waals surface area (Å²) < 4.78 is 5.08. The molecular formula is C10H10N2O. The minimum atomic E-state index is 0.158. The van der Waals surface area contributed by atoms with Crippen LogP contribution in [0.4, 0.5) is 0 Å². The van der Waals surface area contributed by atoms with Crippen molar-refractivity contribution < 1.29 is 4.74 Å². The summed E-state index contributed by atoms with van der Waals surface area (Å²) in [6.45, 7) is 0.158. The van der Waals surface area contributed by atoms with Gasteiger partial charge in [0.25, 0.3) is 0 Å². The molecule has 0 radical (unpaired) electrons. The summed E-state index contributed by atoms with van der Waals surface area (Å²) in [5.74, 6) is 0.571. The van der Waals surface area contributed by atoms with Crippen LogP contribution in [0.5, 0.6) is 5.88 Å². The second kappa shape index (κ2) is 3.41. The first kappa shape index (κ1) is 8.01. The van der Waals surface area contributed by atoms with Gasteiger partial charge in [-0.25, -0.2) is 4.98 Å². The van der Waals surface area contributed by atoms with Crippen LogP contribution >= 0.6 is 0 Å². The van der Waals surface area contributed by atoms with Crippen LogP contribution in [0.25, 0.3) is 10.9 Å². The predicted molar refractivity (Wildman–Crippen MR) is 51.4 cm³/mol. The third-order valence-corrected chi connectivity index (χ3v) is 1.80. The lowest BCUT2D eigenvalue weighted by Gasteiger charge is -2.02. The quantitative estimate of drug-likeness (QED) is 0.702. The number of ether oxygens (including phenoxy) is 1. The average Bonchev–Trinajstić information content (AvgIpc) is 2.18. The smallest absolute Gasteiger partial charge is 0.215 e. The molecule has 0 unspecified atom stereocenters. The number of fused-ring (bicyclic) bond motifs is 1. The zero-order valence-electron chi connectivity index (χ0n) is 7.10. The van der Waals surface area contributed by atoms with E-state index in [0.717, 1.165) is 10.9 Å². The number of para-hydroxylation sites is 1. The molecule has 1 heterocycles. The lowest BCUT2D eigenvalue weighted by molar-refractivity contribution is 0.318. The van der Waals surface area contributed by atoms with Crippen LogP contribution in [0, 0.1) is 0 Å². The maximum absolute atomic E-state index is 5.24. The van der Waals surface area contributed by atoms with E-state index < -0.39 is 0 Å². The Morgan fingerprint density at radius 3 is 2.85 bits per heavy atom. The molecule has 0 aliphatic carbocycles. The maximum Gasteiger partial charge on any atom is 0.215 e. The fourth-order valence-corrected chi connectivity index (χ4v) is 1.21. The second-order valence-electron chi connectivity index (χ2n) is 2.65. The molecule has 0 atom stereocenters. The Bertz CT molecular complexity index is 414. The Kier molecular flexibility index (Phi) is 2.10. The number of hydrogen-bond acceptors (Lipinski definition) is 3. The largest absolute Gasteiger partial charge is 0.462 e. The molecule has 0 spiro atoms. The number of benzene rings is 1. The predicted octanol–water partition coefficient (Wildman–Crippen LogP) is 1.53. The highest BCUT2D eigenvalue weighted by Crippen LogP contribution is 2.15. The molecule has 2 aromatic rings. The summed E-state index contributed by atoms with van der Waals surface area (Å²) in [4.78, 5) is 4.26. The van der Waals surface area contributed by atoms with Crippen LogP contribution in [-0.4, -0.2) is 11.7 Å². The minimum absolute atomic E-state index is 0.158. The van der Waals surface area contributed by atoms with Crippen molar-refractivity contribution >= 4 is 10.9 Å². The summed E-state index contributed by atoms with van der Waals surface area (Å²) in [5.41, 5.74) is 6.17. The first-order valence-electron chi connectivity index (χ1n) is 4.09. The molecule has 1 aromatic carbocycles. The molecule has 3 heteroatoms. The number of hydrogen-bond donors (Lipinski definition) is 1. The SMILES string of the molecule is NCOc1ccc2ccccc2n1. The average molecular weight is 174 g/mol. The first-order chi connectivity index (χ1) is 6.40. The van der Waals surface area contributed by atoms with Crippen LogP contribution in [0.3, 0.4) is 0 Å². The van der Waals surface area contributed by atoms with E-state index in [-0.39, 0.29) is 6.73 Å². The molecule has 13 heavy (non-hydrogen) atoms. The number of aromatic nitrogens is 1. The molecule has 2 N–H and O–H groups in total. The zero-order chi connectivity index (χ0) is 9.10. The van der Waals surface area contributed by atoms with Gasteiger partial charge in [-0.3, -0.25) is 5.73 Å². The normalized spacial score (nSPS) is 10.2. The molecule has 66 valence electrons. The molecule has 0 saturated heterocycles. The van der Waals surface area contributed by atoms with E-state index >= 15 is 0 Å². The fraction of sp³-hybridized carbons (Fsp3) is 0.100. The standard InChI is InChI=1S/C10H10N2O/c11-7-13-10-6-5-8-3-1-2-4-9(8)12-10/h1-6H,7,11H2.